The minimum absolute atomic E-state index is 0.0370. The van der Waals surface area contributed by atoms with E-state index in [9.17, 15) is 33.0 Å². The molecule has 0 aliphatic rings. The molecule has 0 bridgehead atoms. The predicted molar refractivity (Wildman–Crippen MR) is 210 cm³/mol. The fourth-order valence-corrected chi connectivity index (χ4v) is 3.90. The molecule has 3 aromatic carbocycles. The molecule has 276 valence electrons. The van der Waals surface area contributed by atoms with Crippen molar-refractivity contribution in [1.82, 2.24) is 0 Å². The molecule has 7 N–H and O–H groups in total. The molecule has 1 unspecified atom stereocenters. The van der Waals surface area contributed by atoms with Gasteiger partial charge in [0.2, 0.25) is 0 Å². The Hall–Kier alpha value is -1.05. The molecule has 0 fully saturated rings. The number of carbonyl (C=O) groups is 3. The summed E-state index contributed by atoms with van der Waals surface area (Å²) in [6.45, 7) is 0. The van der Waals surface area contributed by atoms with Crippen molar-refractivity contribution in [1.29, 1.82) is 0 Å². The first kappa shape index (κ1) is 50.1. The molecule has 0 radical (unpaired) electrons. The number of carboxylic acid groups (broad SMARTS) is 2. The number of carbonyl (C=O) groups excluding carboxylic acids is 1. The molecule has 0 saturated heterocycles. The molecule has 0 aliphatic heterocycles. The first-order chi connectivity index (χ1) is 22.9. The second kappa shape index (κ2) is 28.5. The van der Waals surface area contributed by atoms with Gasteiger partial charge in [0.05, 0.1) is 44.8 Å². The number of aromatic hydroxyl groups is 3. The van der Waals surface area contributed by atoms with Crippen molar-refractivity contribution in [3.63, 3.8) is 0 Å². The third kappa shape index (κ3) is 26.4. The van der Waals surface area contributed by atoms with Crippen molar-refractivity contribution < 1.29 is 80.7 Å². The van der Waals surface area contributed by atoms with Crippen LogP contribution in [0.1, 0.15) is 54.3 Å². The van der Waals surface area contributed by atoms with Gasteiger partial charge in [-0.05, 0) is 53.1 Å². The summed E-state index contributed by atoms with van der Waals surface area (Å²) in [4.78, 5) is 31.7. The van der Waals surface area contributed by atoms with Crippen LogP contribution in [0.3, 0.4) is 0 Å². The van der Waals surface area contributed by atoms with Gasteiger partial charge in [0.1, 0.15) is 23.4 Å². The number of carboxylic acids is 2. The van der Waals surface area contributed by atoms with Crippen molar-refractivity contribution >= 4 is 102 Å². The molecule has 14 nitrogen and oxygen atoms in total. The summed E-state index contributed by atoms with van der Waals surface area (Å²) in [5.41, 5.74) is 1.43. The molecule has 0 aliphatic carbocycles. The number of ether oxygens (including phenoxy) is 1. The average Bonchev–Trinajstić information content (AvgIpc) is 3.02. The van der Waals surface area contributed by atoms with Gasteiger partial charge in [0.25, 0.3) is 10.1 Å². The van der Waals surface area contributed by atoms with Crippen molar-refractivity contribution in [3.05, 3.63) is 89.5 Å². The van der Waals surface area contributed by atoms with Crippen molar-refractivity contribution in [2.24, 2.45) is 0 Å². The van der Waals surface area contributed by atoms with Crippen LogP contribution in [-0.2, 0) is 33.4 Å². The summed E-state index contributed by atoms with van der Waals surface area (Å²) in [6.07, 6.45) is -2.98. The first-order valence-corrected chi connectivity index (χ1v) is 33.7. The fourth-order valence-electron chi connectivity index (χ4n) is 3.30. The van der Waals surface area contributed by atoms with E-state index in [0.29, 0.717) is 29.9 Å². The average molecular weight is 1270 g/mol. The van der Waals surface area contributed by atoms with E-state index < -0.39 is 46.3 Å². The first-order valence-electron chi connectivity index (χ1n) is 13.0. The second-order valence-electron chi connectivity index (χ2n) is 9.13. The van der Waals surface area contributed by atoms with Crippen molar-refractivity contribution in [3.8, 4) is 17.2 Å². The number of esters is 1. The van der Waals surface area contributed by atoms with E-state index in [1.54, 1.807) is 0 Å². The molecule has 20 heteroatoms. The molecule has 0 saturated carbocycles. The summed E-state index contributed by atoms with van der Waals surface area (Å²) in [5, 5.41) is 62.4. The smallest absolute Gasteiger partial charge is 0.306 e. The summed E-state index contributed by atoms with van der Waals surface area (Å²) < 4.78 is 31.6. The van der Waals surface area contributed by atoms with Crippen LogP contribution in [0, 0.1) is 0 Å². The van der Waals surface area contributed by atoms with Crippen LogP contribution in [0.2, 0.25) is 0 Å². The Kier molecular flexibility index (Phi) is 29.1. The Balaban J connectivity index is 0. The quantitative estimate of drug-likeness (QED) is 0.0828. The van der Waals surface area contributed by atoms with Crippen molar-refractivity contribution in [2.45, 2.75) is 37.6 Å². The van der Waals surface area contributed by atoms with Gasteiger partial charge in [0.15, 0.2) is 0 Å². The van der Waals surface area contributed by atoms with Gasteiger partial charge in [-0.15, -0.1) is 0 Å². The molecular weight excluding hydrogens is 1240 g/mol. The van der Waals surface area contributed by atoms with E-state index in [4.69, 9.17) is 29.7 Å². The van der Waals surface area contributed by atoms with Gasteiger partial charge in [0, 0.05) is 37.2 Å². The second-order valence-corrected chi connectivity index (χ2v) is 27.0. The monoisotopic (exact) mass is 1270 g/mol. The molecule has 0 heterocycles. The number of aliphatic carboxylic acids is 2. The third-order valence-corrected chi connectivity index (χ3v) is 6.01. The Morgan fingerprint density at radius 1 is 0.673 bits per heavy atom. The number of aliphatic hydroxyl groups is 2. The minimum Gasteiger partial charge on any atom is -0.508 e. The fraction of sp³-hybridized carbons (Fsp3) is 0.276. The zero-order chi connectivity index (χ0) is 38.2. The summed E-state index contributed by atoms with van der Waals surface area (Å²) >= 11 is 9.54. The minimum atomic E-state index is -3.71. The topological polar surface area (TPSA) is 245 Å². The molecule has 0 amide bonds. The molecular formula is C29H34I5O14S-. The number of phenolic OH excluding ortho intramolecular Hbond substituents is 3. The van der Waals surface area contributed by atoms with E-state index in [1.165, 1.54) is 79.9 Å². The largest absolute Gasteiger partial charge is 0.508 e. The van der Waals surface area contributed by atoms with Gasteiger partial charge >= 0.3 is 68.4 Å². The van der Waals surface area contributed by atoms with E-state index in [-0.39, 0.29) is 36.5 Å². The number of halogens is 5. The summed E-state index contributed by atoms with van der Waals surface area (Å²) in [7, 11) is -2.50. The Morgan fingerprint density at radius 2 is 0.959 bits per heavy atom. The number of hydrogen-bond donors (Lipinski definition) is 7. The molecule has 0 aromatic heterocycles. The van der Waals surface area contributed by atoms with Crippen LogP contribution in [0.15, 0.2) is 72.8 Å². The zero-order valence-electron chi connectivity index (χ0n) is 25.6. The Labute approximate surface area is 336 Å². The molecule has 3 aromatic rings. The van der Waals surface area contributed by atoms with Gasteiger partial charge < -0.3 is 40.5 Å². The zero-order valence-corrected chi connectivity index (χ0v) is 37.2. The van der Waals surface area contributed by atoms with Crippen LogP contribution in [-0.4, -0.2) is 75.4 Å². The normalized spacial score (nSPS) is 11.9. The number of rotatable bonds is 11. The van der Waals surface area contributed by atoms with Crippen LogP contribution < -0.4 is 13.3 Å². The van der Waals surface area contributed by atoms with E-state index >= 15 is 0 Å². The number of aliphatic hydroxyl groups excluding tert-OH is 2. The third-order valence-electron chi connectivity index (χ3n) is 5.43. The maximum Gasteiger partial charge on any atom is 0.306 e. The Morgan fingerprint density at radius 3 is 1.20 bits per heavy atom. The maximum atomic E-state index is 11.2. The van der Waals surface area contributed by atoms with Crippen molar-refractivity contribution in [2.75, 3.05) is 13.4 Å². The van der Waals surface area contributed by atoms with Crippen LogP contribution in [0.5, 0.6) is 17.2 Å². The SMILES string of the molecule is COC(=O)C[C@H](OS(C)(=O)=O)c1ccc(O)cc1.II.I[I-]I.O=C(O)CC(O)c1ccc(O)cc1.O=C(O)C[C@H](O)c1ccc(O)cc1. The standard InChI is InChI=1S/C11H14O6S.2C9H10O4.I3.I2/c1-16-11(13)7-10(17-18(2,14)15)8-3-5-9(12)6-4-8;2*10-7-3-1-6(2-4-7)8(11)5-9(12)13;1-3-2;1-2/h3-6,10,12H,7H2,1-2H3;2*1-4,8,10-11H,5H2,(H,12,13);;/q;;;-1;/t10-;8-;;;/m00.../s1. The van der Waals surface area contributed by atoms with Gasteiger partial charge in [-0.3, -0.25) is 18.6 Å². The molecule has 0 spiro atoms. The van der Waals surface area contributed by atoms with Gasteiger partial charge in [-0.1, -0.05) is 36.4 Å². The van der Waals surface area contributed by atoms with E-state index in [1.807, 2.05) is 0 Å². The van der Waals surface area contributed by atoms with Crippen LogP contribution in [0.4, 0.5) is 0 Å². The number of hydrogen-bond acceptors (Lipinski definition) is 12. The summed E-state index contributed by atoms with van der Waals surface area (Å²) in [6, 6.07) is 17.3. The van der Waals surface area contributed by atoms with Gasteiger partial charge in [-0.25, -0.2) is 0 Å². The molecule has 3 atom stereocenters. The number of phenols is 3. The molecule has 49 heavy (non-hydrogen) atoms. The van der Waals surface area contributed by atoms with E-state index in [0.717, 1.165) is 6.26 Å². The maximum absolute atomic E-state index is 11.2. The van der Waals surface area contributed by atoms with Crippen LogP contribution >= 0.6 is 74.5 Å². The predicted octanol–water partition coefficient (Wildman–Crippen LogP) is 3.32. The van der Waals surface area contributed by atoms with Gasteiger partial charge in [-0.2, -0.15) is 8.42 Å². The summed E-state index contributed by atoms with van der Waals surface area (Å²) in [5.74, 6) is -2.48. The van der Waals surface area contributed by atoms with Crippen LogP contribution in [0.25, 0.3) is 0 Å². The van der Waals surface area contributed by atoms with E-state index in [2.05, 4.69) is 79.2 Å². The molecule has 3 rings (SSSR count). The Bertz CT molecular complexity index is 1410. The number of methoxy groups -OCH3 is 1. The number of benzene rings is 3.